The number of hydrogen-bond acceptors (Lipinski definition) is 4. The Morgan fingerprint density at radius 3 is 2.37 bits per heavy atom. The summed E-state index contributed by atoms with van der Waals surface area (Å²) in [5, 5.41) is 2.31. The maximum Gasteiger partial charge on any atom is 0.418 e. The SMILES string of the molecule is C=CC(=O)OCCCCOc1ccc(C(=O)Nc2ccc(I)cc2C(F)(F)F)cc1. The molecule has 0 saturated heterocycles. The Morgan fingerprint density at radius 2 is 1.73 bits per heavy atom. The molecule has 0 spiro atoms. The summed E-state index contributed by atoms with van der Waals surface area (Å²) in [5.41, 5.74) is -1.00. The minimum atomic E-state index is -4.58. The number of amides is 1. The summed E-state index contributed by atoms with van der Waals surface area (Å²) in [6.45, 7) is 3.95. The van der Waals surface area contributed by atoms with Crippen LogP contribution in [0.15, 0.2) is 55.1 Å². The van der Waals surface area contributed by atoms with E-state index in [2.05, 4.69) is 11.9 Å². The fourth-order valence-corrected chi connectivity index (χ4v) is 2.87. The second-order valence-electron chi connectivity index (χ2n) is 6.09. The number of hydrogen-bond donors (Lipinski definition) is 1. The highest BCUT2D eigenvalue weighted by Crippen LogP contribution is 2.36. The van der Waals surface area contributed by atoms with E-state index in [1.807, 2.05) is 0 Å². The molecule has 2 aromatic rings. The molecule has 0 aliphatic carbocycles. The highest BCUT2D eigenvalue weighted by Gasteiger charge is 2.34. The molecule has 2 aromatic carbocycles. The molecule has 160 valence electrons. The van der Waals surface area contributed by atoms with Gasteiger partial charge in [-0.1, -0.05) is 6.58 Å². The number of rotatable bonds is 9. The van der Waals surface area contributed by atoms with Crippen LogP contribution < -0.4 is 10.1 Å². The number of carbonyl (C=O) groups excluding carboxylic acids is 2. The number of ether oxygens (including phenoxy) is 2. The molecule has 1 N–H and O–H groups in total. The third kappa shape index (κ3) is 7.36. The van der Waals surface area contributed by atoms with Crippen molar-refractivity contribution in [1.82, 2.24) is 0 Å². The van der Waals surface area contributed by atoms with Crippen LogP contribution in [0.4, 0.5) is 18.9 Å². The van der Waals surface area contributed by atoms with Gasteiger partial charge in [0.25, 0.3) is 5.91 Å². The molecule has 0 unspecified atom stereocenters. The van der Waals surface area contributed by atoms with Gasteiger partial charge in [-0.05, 0) is 77.9 Å². The Labute approximate surface area is 185 Å². The molecule has 2 rings (SSSR count). The van der Waals surface area contributed by atoms with Crippen LogP contribution in [0.3, 0.4) is 0 Å². The number of esters is 1. The van der Waals surface area contributed by atoms with Crippen molar-refractivity contribution < 1.29 is 32.2 Å². The molecule has 0 aliphatic rings. The van der Waals surface area contributed by atoms with Gasteiger partial charge in [0.2, 0.25) is 0 Å². The lowest BCUT2D eigenvalue weighted by atomic mass is 10.1. The predicted molar refractivity (Wildman–Crippen MR) is 114 cm³/mol. The van der Waals surface area contributed by atoms with E-state index in [9.17, 15) is 22.8 Å². The number of benzene rings is 2. The van der Waals surface area contributed by atoms with Gasteiger partial charge in [0.1, 0.15) is 5.75 Å². The highest BCUT2D eigenvalue weighted by atomic mass is 127. The van der Waals surface area contributed by atoms with Gasteiger partial charge in [-0.2, -0.15) is 13.2 Å². The van der Waals surface area contributed by atoms with Crippen LogP contribution in [-0.2, 0) is 15.7 Å². The molecule has 0 fully saturated rings. The Bertz CT molecular complexity index is 898. The van der Waals surface area contributed by atoms with Gasteiger partial charge >= 0.3 is 12.1 Å². The molecule has 0 heterocycles. The molecule has 30 heavy (non-hydrogen) atoms. The zero-order valence-corrected chi connectivity index (χ0v) is 18.0. The fourth-order valence-electron chi connectivity index (χ4n) is 2.38. The zero-order chi connectivity index (χ0) is 22.1. The first-order valence-corrected chi connectivity index (χ1v) is 9.98. The maximum atomic E-state index is 13.2. The monoisotopic (exact) mass is 533 g/mol. The van der Waals surface area contributed by atoms with Gasteiger partial charge in [-0.15, -0.1) is 0 Å². The van der Waals surface area contributed by atoms with Crippen molar-refractivity contribution in [1.29, 1.82) is 0 Å². The summed E-state index contributed by atoms with van der Waals surface area (Å²) in [6, 6.07) is 9.75. The van der Waals surface area contributed by atoms with E-state index >= 15 is 0 Å². The zero-order valence-electron chi connectivity index (χ0n) is 15.8. The van der Waals surface area contributed by atoms with Crippen LogP contribution >= 0.6 is 22.6 Å². The lowest BCUT2D eigenvalue weighted by Crippen LogP contribution is -2.16. The molecule has 0 aliphatic heterocycles. The van der Waals surface area contributed by atoms with E-state index < -0.39 is 23.6 Å². The summed E-state index contributed by atoms with van der Waals surface area (Å²) in [5.74, 6) is -0.616. The number of anilines is 1. The molecular formula is C21H19F3INO4. The summed E-state index contributed by atoms with van der Waals surface area (Å²) >= 11 is 1.78. The molecule has 0 aromatic heterocycles. The lowest BCUT2D eigenvalue weighted by molar-refractivity contribution is -0.138. The van der Waals surface area contributed by atoms with Crippen LogP contribution in [0.1, 0.15) is 28.8 Å². The number of carbonyl (C=O) groups is 2. The molecule has 1 amide bonds. The van der Waals surface area contributed by atoms with Crippen molar-refractivity contribution in [2.75, 3.05) is 18.5 Å². The Balaban J connectivity index is 1.89. The average Bonchev–Trinajstić information content (AvgIpc) is 2.71. The number of halogens is 4. The lowest BCUT2D eigenvalue weighted by Gasteiger charge is -2.14. The van der Waals surface area contributed by atoms with Gasteiger partial charge in [-0.25, -0.2) is 4.79 Å². The molecule has 5 nitrogen and oxygen atoms in total. The molecule has 0 bridgehead atoms. The third-order valence-corrected chi connectivity index (χ3v) is 4.54. The Morgan fingerprint density at radius 1 is 1.07 bits per heavy atom. The highest BCUT2D eigenvalue weighted by molar-refractivity contribution is 14.1. The summed E-state index contributed by atoms with van der Waals surface area (Å²) < 4.78 is 50.3. The van der Waals surface area contributed by atoms with Crippen LogP contribution in [0, 0.1) is 3.57 Å². The van der Waals surface area contributed by atoms with Gasteiger partial charge in [-0.3, -0.25) is 4.79 Å². The standard InChI is InChI=1S/C21H19F3INO4/c1-2-19(27)30-12-4-3-11-29-16-8-5-14(6-9-16)20(28)26-18-10-7-15(25)13-17(18)21(22,23)24/h2,5-10,13H,1,3-4,11-12H2,(H,26,28). The first-order chi connectivity index (χ1) is 14.2. The van der Waals surface area contributed by atoms with Crippen molar-refractivity contribution in [2.45, 2.75) is 19.0 Å². The van der Waals surface area contributed by atoms with E-state index in [0.29, 0.717) is 28.8 Å². The minimum absolute atomic E-state index is 0.199. The fraction of sp³-hybridized carbons (Fsp3) is 0.238. The van der Waals surface area contributed by atoms with E-state index in [-0.39, 0.29) is 17.9 Å². The van der Waals surface area contributed by atoms with Crippen molar-refractivity contribution >= 4 is 40.2 Å². The van der Waals surface area contributed by atoms with Crippen molar-refractivity contribution in [2.24, 2.45) is 0 Å². The first-order valence-electron chi connectivity index (χ1n) is 8.91. The van der Waals surface area contributed by atoms with Gasteiger partial charge in [0, 0.05) is 15.2 Å². The molecular weight excluding hydrogens is 514 g/mol. The largest absolute Gasteiger partial charge is 0.494 e. The number of unbranched alkanes of at least 4 members (excludes halogenated alkanes) is 1. The molecule has 9 heteroatoms. The van der Waals surface area contributed by atoms with Crippen LogP contribution in [-0.4, -0.2) is 25.1 Å². The maximum absolute atomic E-state index is 13.2. The van der Waals surface area contributed by atoms with Crippen molar-refractivity contribution in [3.63, 3.8) is 0 Å². The predicted octanol–water partition coefficient (Wildman–Crippen LogP) is 5.45. The van der Waals surface area contributed by atoms with Gasteiger partial charge in [0.05, 0.1) is 24.5 Å². The number of nitrogens with one attached hydrogen (secondary N) is 1. The molecule has 0 saturated carbocycles. The molecule has 0 atom stereocenters. The van der Waals surface area contributed by atoms with Crippen LogP contribution in [0.5, 0.6) is 5.75 Å². The summed E-state index contributed by atoms with van der Waals surface area (Å²) in [7, 11) is 0. The second-order valence-corrected chi connectivity index (χ2v) is 7.34. The van der Waals surface area contributed by atoms with E-state index in [0.717, 1.165) is 12.1 Å². The van der Waals surface area contributed by atoms with Crippen molar-refractivity contribution in [3.05, 3.63) is 69.8 Å². The topological polar surface area (TPSA) is 64.6 Å². The normalized spacial score (nSPS) is 10.9. The quantitative estimate of drug-likeness (QED) is 0.202. The van der Waals surface area contributed by atoms with Crippen LogP contribution in [0.2, 0.25) is 0 Å². The smallest absolute Gasteiger partial charge is 0.418 e. The van der Waals surface area contributed by atoms with E-state index in [1.54, 1.807) is 34.7 Å². The third-order valence-electron chi connectivity index (χ3n) is 3.87. The van der Waals surface area contributed by atoms with Gasteiger partial charge < -0.3 is 14.8 Å². The molecule has 0 radical (unpaired) electrons. The summed E-state index contributed by atoms with van der Waals surface area (Å²) in [6.07, 6.45) is -2.21. The summed E-state index contributed by atoms with van der Waals surface area (Å²) in [4.78, 5) is 23.2. The van der Waals surface area contributed by atoms with E-state index in [1.165, 1.54) is 24.3 Å². The van der Waals surface area contributed by atoms with E-state index in [4.69, 9.17) is 9.47 Å². The number of alkyl halides is 3. The minimum Gasteiger partial charge on any atom is -0.494 e. The second kappa shape index (κ2) is 11.0. The van der Waals surface area contributed by atoms with Crippen molar-refractivity contribution in [3.8, 4) is 5.75 Å². The Hall–Kier alpha value is -2.56. The first kappa shape index (κ1) is 23.7. The Kier molecular flexibility index (Phi) is 8.70. The average molecular weight is 533 g/mol. The van der Waals surface area contributed by atoms with Gasteiger partial charge in [0.15, 0.2) is 0 Å². The van der Waals surface area contributed by atoms with Crippen LogP contribution in [0.25, 0.3) is 0 Å².